The van der Waals surface area contributed by atoms with Gasteiger partial charge in [0.2, 0.25) is 0 Å². The summed E-state index contributed by atoms with van der Waals surface area (Å²) in [6.07, 6.45) is -4.74. The second-order valence-electron chi connectivity index (χ2n) is 9.69. The number of phenols is 1. The van der Waals surface area contributed by atoms with Crippen molar-refractivity contribution >= 4 is 13.6 Å². The number of benzene rings is 4. The Labute approximate surface area is 246 Å². The molecular formula is C31H28F3N2O6P. The van der Waals surface area contributed by atoms with Crippen molar-refractivity contribution in [2.24, 2.45) is 4.76 Å². The zero-order valence-electron chi connectivity index (χ0n) is 23.2. The molecule has 0 saturated heterocycles. The molecule has 0 spiro atoms. The average Bonchev–Trinajstić information content (AvgIpc) is 2.95. The van der Waals surface area contributed by atoms with E-state index in [2.05, 4.69) is 9.50 Å². The van der Waals surface area contributed by atoms with Crippen LogP contribution in [0.2, 0.25) is 0 Å². The van der Waals surface area contributed by atoms with E-state index in [1.54, 1.807) is 83.8 Å². The highest BCUT2D eigenvalue weighted by Crippen LogP contribution is 2.51. The number of aromatic hydroxyl groups is 1. The van der Waals surface area contributed by atoms with E-state index in [1.165, 1.54) is 25.3 Å². The van der Waals surface area contributed by atoms with E-state index < -0.39 is 20.2 Å². The van der Waals surface area contributed by atoms with Crippen molar-refractivity contribution in [3.8, 4) is 28.7 Å². The molecule has 1 atom stereocenters. The summed E-state index contributed by atoms with van der Waals surface area (Å²) < 4.78 is 78.9. The number of ether oxygens (including phenoxy) is 2. The molecule has 0 radical (unpaired) electrons. The number of fused-ring (bicyclic) bond motifs is 1. The van der Waals surface area contributed by atoms with Gasteiger partial charge < -0.3 is 28.5 Å². The van der Waals surface area contributed by atoms with Crippen molar-refractivity contribution in [1.29, 1.82) is 0 Å². The van der Waals surface area contributed by atoms with Crippen LogP contribution in [0.3, 0.4) is 0 Å². The smallest absolute Gasteiger partial charge is 0.504 e. The number of nitrogens with zero attached hydrogens (tertiary/aromatic N) is 2. The minimum Gasteiger partial charge on any atom is -0.504 e. The average molecular weight is 613 g/mol. The number of para-hydroxylation sites is 2. The molecule has 0 aliphatic carbocycles. The molecule has 43 heavy (non-hydrogen) atoms. The zero-order chi connectivity index (χ0) is 30.6. The van der Waals surface area contributed by atoms with Crippen molar-refractivity contribution in [3.05, 3.63) is 114 Å². The normalized spacial score (nSPS) is 16.0. The summed E-state index contributed by atoms with van der Waals surface area (Å²) in [6.45, 7) is 1.94. The van der Waals surface area contributed by atoms with Crippen LogP contribution in [0, 0.1) is 0 Å². The third kappa shape index (κ3) is 7.42. The molecule has 12 heteroatoms. The topological polar surface area (TPSA) is 89.8 Å². The minimum absolute atomic E-state index is 0.0777. The SMILES string of the molecule is COc1cc2c(cc1O)C/C(=N/P(=O)(Oc1ccccc1)Oc1ccccc1)N(Cc1cccc(OC(F)(F)F)c1)C2C. The number of rotatable bonds is 9. The Hall–Kier alpha value is -4.63. The quantitative estimate of drug-likeness (QED) is 0.191. The summed E-state index contributed by atoms with van der Waals surface area (Å²) in [5.41, 5.74) is 1.97. The lowest BCUT2D eigenvalue weighted by Gasteiger charge is -2.38. The molecule has 5 rings (SSSR count). The summed E-state index contributed by atoms with van der Waals surface area (Å²) >= 11 is 0. The summed E-state index contributed by atoms with van der Waals surface area (Å²) in [6, 6.07) is 25.3. The maximum Gasteiger partial charge on any atom is 0.573 e. The standard InChI is InChI=1S/C31H28F3N2O6P/c1-21-27-19-29(39-2)28(37)17-23(27)18-30(36(21)20-22-10-9-15-26(16-22)40-31(32,33)34)35-43(38,41-24-11-5-3-6-12-24)42-25-13-7-4-8-14-25/h3-17,19,21,37H,18,20H2,1-2H3/b35-30-. The van der Waals surface area contributed by atoms with Crippen molar-refractivity contribution in [2.45, 2.75) is 32.3 Å². The summed E-state index contributed by atoms with van der Waals surface area (Å²) in [4.78, 5) is 1.79. The molecule has 0 aromatic heterocycles. The molecule has 1 aliphatic rings. The number of hydrogen-bond acceptors (Lipinski definition) is 6. The van der Waals surface area contributed by atoms with Gasteiger partial charge in [-0.05, 0) is 72.1 Å². The Kier molecular flexibility index (Phi) is 8.54. The van der Waals surface area contributed by atoms with E-state index in [9.17, 15) is 22.8 Å². The molecule has 0 saturated carbocycles. The van der Waals surface area contributed by atoms with Gasteiger partial charge >= 0.3 is 14.1 Å². The fraction of sp³-hybridized carbons (Fsp3) is 0.194. The van der Waals surface area contributed by atoms with E-state index in [1.807, 2.05) is 6.92 Å². The summed E-state index contributed by atoms with van der Waals surface area (Å²) in [5.74, 6) is 0.620. The van der Waals surface area contributed by atoms with E-state index >= 15 is 0 Å². The Morgan fingerprint density at radius 2 is 1.51 bits per heavy atom. The molecule has 1 unspecified atom stereocenters. The summed E-state index contributed by atoms with van der Waals surface area (Å²) in [5, 5.41) is 10.5. The molecule has 1 heterocycles. The van der Waals surface area contributed by atoms with Crippen LogP contribution in [0.5, 0.6) is 28.7 Å². The molecular weight excluding hydrogens is 584 g/mol. The molecule has 0 fully saturated rings. The Morgan fingerprint density at radius 3 is 2.09 bits per heavy atom. The van der Waals surface area contributed by atoms with Crippen LogP contribution in [-0.4, -0.2) is 29.3 Å². The van der Waals surface area contributed by atoms with Crippen LogP contribution >= 0.6 is 7.75 Å². The van der Waals surface area contributed by atoms with E-state index in [0.29, 0.717) is 11.1 Å². The van der Waals surface area contributed by atoms with Crippen molar-refractivity contribution < 1.29 is 41.4 Å². The van der Waals surface area contributed by atoms with Gasteiger partial charge in [-0.2, -0.15) is 0 Å². The minimum atomic E-state index is -4.85. The predicted octanol–water partition coefficient (Wildman–Crippen LogP) is 8.08. The lowest BCUT2D eigenvalue weighted by molar-refractivity contribution is -0.274. The van der Waals surface area contributed by atoms with E-state index in [4.69, 9.17) is 13.8 Å². The van der Waals surface area contributed by atoms with Gasteiger partial charge in [0.25, 0.3) is 0 Å². The second kappa shape index (κ2) is 12.3. The van der Waals surface area contributed by atoms with Crippen LogP contribution in [0.15, 0.2) is 102 Å². The molecule has 1 aliphatic heterocycles. The first-order valence-corrected chi connectivity index (χ1v) is 14.7. The highest BCUT2D eigenvalue weighted by molar-refractivity contribution is 7.53. The first kappa shape index (κ1) is 29.8. The first-order chi connectivity index (χ1) is 20.5. The monoisotopic (exact) mass is 612 g/mol. The molecule has 0 amide bonds. The highest BCUT2D eigenvalue weighted by Gasteiger charge is 2.36. The maximum absolute atomic E-state index is 14.3. The number of hydrogen-bond donors (Lipinski definition) is 1. The number of alkyl halides is 3. The van der Waals surface area contributed by atoms with Crippen molar-refractivity contribution in [1.82, 2.24) is 4.90 Å². The fourth-order valence-electron chi connectivity index (χ4n) is 4.78. The molecule has 8 nitrogen and oxygen atoms in total. The van der Waals surface area contributed by atoms with Gasteiger partial charge in [0.1, 0.15) is 23.1 Å². The number of phenolic OH excluding ortho intramolecular Hbond substituents is 1. The first-order valence-electron chi connectivity index (χ1n) is 13.2. The van der Waals surface area contributed by atoms with E-state index in [0.717, 1.165) is 5.56 Å². The van der Waals surface area contributed by atoms with Crippen LogP contribution in [0.1, 0.15) is 29.7 Å². The molecule has 0 bridgehead atoms. The maximum atomic E-state index is 14.3. The number of methoxy groups -OCH3 is 1. The van der Waals surface area contributed by atoms with Crippen molar-refractivity contribution in [2.75, 3.05) is 7.11 Å². The van der Waals surface area contributed by atoms with E-state index in [-0.39, 0.29) is 47.5 Å². The third-order valence-electron chi connectivity index (χ3n) is 6.69. The van der Waals surface area contributed by atoms with Gasteiger partial charge in [-0.25, -0.2) is 4.57 Å². The van der Waals surface area contributed by atoms with Gasteiger partial charge in [0, 0.05) is 13.0 Å². The largest absolute Gasteiger partial charge is 0.573 e. The highest BCUT2D eigenvalue weighted by atomic mass is 31.2. The Morgan fingerprint density at radius 1 is 0.907 bits per heavy atom. The lowest BCUT2D eigenvalue weighted by atomic mass is 9.91. The van der Waals surface area contributed by atoms with Gasteiger partial charge in [-0.15, -0.1) is 17.9 Å². The van der Waals surface area contributed by atoms with Gasteiger partial charge in [0.05, 0.1) is 13.2 Å². The molecule has 224 valence electrons. The molecule has 4 aromatic rings. The van der Waals surface area contributed by atoms with Crippen LogP contribution in [0.4, 0.5) is 13.2 Å². The zero-order valence-corrected chi connectivity index (χ0v) is 24.1. The van der Waals surface area contributed by atoms with Crippen LogP contribution < -0.4 is 18.5 Å². The van der Waals surface area contributed by atoms with Crippen molar-refractivity contribution in [3.63, 3.8) is 0 Å². The van der Waals surface area contributed by atoms with Gasteiger partial charge in [-0.1, -0.05) is 48.5 Å². The molecule has 4 aromatic carbocycles. The Bertz CT molecular complexity index is 1610. The van der Waals surface area contributed by atoms with Crippen LogP contribution in [-0.2, 0) is 17.5 Å². The lowest BCUT2D eigenvalue weighted by Crippen LogP contribution is -2.39. The van der Waals surface area contributed by atoms with Gasteiger partial charge in [0.15, 0.2) is 11.5 Å². The summed E-state index contributed by atoms with van der Waals surface area (Å²) in [7, 11) is -2.86. The number of halogens is 3. The van der Waals surface area contributed by atoms with Gasteiger partial charge in [-0.3, -0.25) is 0 Å². The third-order valence-corrected chi connectivity index (χ3v) is 8.05. The van der Waals surface area contributed by atoms with Crippen LogP contribution in [0.25, 0.3) is 0 Å². The second-order valence-corrected chi connectivity index (χ2v) is 11.2. The predicted molar refractivity (Wildman–Crippen MR) is 155 cm³/mol. The number of amidine groups is 1. The fourth-order valence-corrected chi connectivity index (χ4v) is 6.15. The molecule has 1 N–H and O–H groups in total. The Balaban J connectivity index is 1.59.